The Labute approximate surface area is 119 Å². The molecule has 0 saturated carbocycles. The van der Waals surface area contributed by atoms with E-state index in [2.05, 4.69) is 15.9 Å². The van der Waals surface area contributed by atoms with Crippen LogP contribution in [0.4, 0.5) is 4.39 Å². The van der Waals surface area contributed by atoms with Gasteiger partial charge in [-0.05, 0) is 18.6 Å². The molecule has 1 saturated heterocycles. The lowest BCUT2D eigenvalue weighted by atomic mass is 10.1. The number of ether oxygens (including phenoxy) is 1. The van der Waals surface area contributed by atoms with Gasteiger partial charge in [0.15, 0.2) is 0 Å². The molecule has 0 aromatic heterocycles. The van der Waals surface area contributed by atoms with Crippen molar-refractivity contribution >= 4 is 21.8 Å². The van der Waals surface area contributed by atoms with Crippen LogP contribution in [-0.4, -0.2) is 36.6 Å². The van der Waals surface area contributed by atoms with Crippen LogP contribution < -0.4 is 5.73 Å². The predicted octanol–water partition coefficient (Wildman–Crippen LogP) is 1.66. The topological polar surface area (TPSA) is 55.6 Å². The lowest BCUT2D eigenvalue weighted by Gasteiger charge is -2.21. The van der Waals surface area contributed by atoms with E-state index in [1.54, 1.807) is 19.2 Å². The fraction of sp³-hybridized carbons (Fsp3) is 0.462. The first-order chi connectivity index (χ1) is 9.01. The number of rotatable bonds is 4. The maximum atomic E-state index is 13.8. The molecule has 0 bridgehead atoms. The van der Waals surface area contributed by atoms with Crippen LogP contribution in [0.2, 0.25) is 0 Å². The van der Waals surface area contributed by atoms with E-state index in [1.807, 2.05) is 4.90 Å². The van der Waals surface area contributed by atoms with Crippen molar-refractivity contribution in [3.63, 3.8) is 0 Å². The van der Waals surface area contributed by atoms with Crippen LogP contribution in [-0.2, 0) is 16.1 Å². The molecule has 1 aromatic carbocycles. The lowest BCUT2D eigenvalue weighted by molar-refractivity contribution is -0.122. The number of amides is 1. The quantitative estimate of drug-likeness (QED) is 0.913. The van der Waals surface area contributed by atoms with E-state index in [-0.39, 0.29) is 11.9 Å². The number of halogens is 2. The summed E-state index contributed by atoms with van der Waals surface area (Å²) in [5.41, 5.74) is 5.93. The molecule has 2 rings (SSSR count). The van der Waals surface area contributed by atoms with Gasteiger partial charge in [0, 0.05) is 30.2 Å². The maximum Gasteiger partial charge on any atom is 0.234 e. The Morgan fingerprint density at radius 2 is 2.37 bits per heavy atom. The highest BCUT2D eigenvalue weighted by Gasteiger charge is 2.35. The molecule has 1 aliphatic rings. The minimum atomic E-state index is -0.395. The van der Waals surface area contributed by atoms with E-state index in [9.17, 15) is 9.18 Å². The zero-order chi connectivity index (χ0) is 14.0. The second kappa shape index (κ2) is 5.98. The summed E-state index contributed by atoms with van der Waals surface area (Å²) in [5.74, 6) is -0.685. The van der Waals surface area contributed by atoms with Gasteiger partial charge in [0.05, 0.1) is 12.1 Å². The number of methoxy groups -OCH3 is 1. The van der Waals surface area contributed by atoms with Gasteiger partial charge in [0.25, 0.3) is 0 Å². The summed E-state index contributed by atoms with van der Waals surface area (Å²) < 4.78 is 19.8. The van der Waals surface area contributed by atoms with Gasteiger partial charge in [-0.15, -0.1) is 0 Å². The summed E-state index contributed by atoms with van der Waals surface area (Å²) in [5, 5.41) is 0. The average molecular weight is 331 g/mol. The second-order valence-electron chi connectivity index (χ2n) is 4.68. The summed E-state index contributed by atoms with van der Waals surface area (Å²) in [6.45, 7) is 0.937. The van der Waals surface area contributed by atoms with Crippen molar-refractivity contribution in [3.8, 4) is 0 Å². The van der Waals surface area contributed by atoms with Gasteiger partial charge in [0.1, 0.15) is 5.82 Å². The molecule has 1 aliphatic heterocycles. The summed E-state index contributed by atoms with van der Waals surface area (Å²) in [7, 11) is 1.60. The summed E-state index contributed by atoms with van der Waals surface area (Å²) in [6, 6.07) is 4.51. The largest absolute Gasteiger partial charge is 0.380 e. The average Bonchev–Trinajstić information content (AvgIpc) is 2.76. The molecule has 1 heterocycles. The van der Waals surface area contributed by atoms with Crippen LogP contribution >= 0.6 is 15.9 Å². The van der Waals surface area contributed by atoms with Gasteiger partial charge in [-0.25, -0.2) is 4.39 Å². The van der Waals surface area contributed by atoms with E-state index in [0.29, 0.717) is 29.5 Å². The number of hydrogen-bond acceptors (Lipinski definition) is 3. The number of benzene rings is 1. The molecule has 0 radical (unpaired) electrons. The molecular weight excluding hydrogens is 315 g/mol. The molecule has 6 heteroatoms. The normalized spacial score (nSPS) is 23.7. The highest BCUT2D eigenvalue weighted by molar-refractivity contribution is 9.10. The fourth-order valence-electron chi connectivity index (χ4n) is 2.37. The van der Waals surface area contributed by atoms with Crippen LogP contribution in [0.1, 0.15) is 12.0 Å². The van der Waals surface area contributed by atoms with Crippen molar-refractivity contribution in [2.24, 2.45) is 5.73 Å². The molecule has 2 N–H and O–H groups in total. The number of nitrogens with two attached hydrogens (primary N) is 1. The Morgan fingerprint density at radius 1 is 1.63 bits per heavy atom. The Hall–Kier alpha value is -0.980. The third kappa shape index (κ3) is 3.32. The second-order valence-corrected chi connectivity index (χ2v) is 5.59. The Balaban J connectivity index is 2.14. The van der Waals surface area contributed by atoms with Crippen LogP contribution in [0.5, 0.6) is 0 Å². The Bertz CT molecular complexity index is 484. The molecule has 104 valence electrons. The van der Waals surface area contributed by atoms with Crippen LogP contribution in [0.15, 0.2) is 22.7 Å². The number of nitrogens with zero attached hydrogens (tertiary/aromatic N) is 1. The van der Waals surface area contributed by atoms with E-state index in [0.717, 1.165) is 0 Å². The fourth-order valence-corrected chi connectivity index (χ4v) is 2.70. The molecule has 19 heavy (non-hydrogen) atoms. The molecule has 1 fully saturated rings. The third-order valence-electron chi connectivity index (χ3n) is 3.42. The van der Waals surface area contributed by atoms with Crippen molar-refractivity contribution in [2.75, 3.05) is 13.7 Å². The summed E-state index contributed by atoms with van der Waals surface area (Å²) in [6.07, 6.45) is 0.528. The molecular formula is C13H16BrFN2O2. The summed E-state index contributed by atoms with van der Waals surface area (Å²) >= 11 is 3.22. The number of hydrogen-bond donors (Lipinski definition) is 1. The lowest BCUT2D eigenvalue weighted by Crippen LogP contribution is -2.39. The Kier molecular flexibility index (Phi) is 4.54. The third-order valence-corrected chi connectivity index (χ3v) is 3.91. The van der Waals surface area contributed by atoms with Gasteiger partial charge < -0.3 is 10.5 Å². The van der Waals surface area contributed by atoms with Crippen molar-refractivity contribution in [1.29, 1.82) is 0 Å². The molecule has 0 unspecified atom stereocenters. The van der Waals surface area contributed by atoms with Gasteiger partial charge in [-0.2, -0.15) is 0 Å². The number of primary amides is 1. The van der Waals surface area contributed by atoms with Crippen molar-refractivity contribution in [1.82, 2.24) is 4.90 Å². The van der Waals surface area contributed by atoms with E-state index in [4.69, 9.17) is 10.5 Å². The summed E-state index contributed by atoms with van der Waals surface area (Å²) in [4.78, 5) is 13.3. The highest BCUT2D eigenvalue weighted by atomic mass is 79.9. The predicted molar refractivity (Wildman–Crippen MR) is 72.9 cm³/mol. The van der Waals surface area contributed by atoms with Crippen LogP contribution in [0.25, 0.3) is 0 Å². The first kappa shape index (κ1) is 14.4. The van der Waals surface area contributed by atoms with Gasteiger partial charge >= 0.3 is 0 Å². The van der Waals surface area contributed by atoms with E-state index < -0.39 is 11.9 Å². The first-order valence-electron chi connectivity index (χ1n) is 6.01. The van der Waals surface area contributed by atoms with Crippen molar-refractivity contribution in [3.05, 3.63) is 34.1 Å². The van der Waals surface area contributed by atoms with Gasteiger partial charge in [0.2, 0.25) is 5.91 Å². The number of carbonyl (C=O) groups is 1. The first-order valence-corrected chi connectivity index (χ1v) is 6.80. The molecule has 1 aromatic rings. The SMILES string of the molecule is CO[C@H]1C[C@@H](C(N)=O)N(Cc2ccc(Br)cc2F)C1. The molecule has 0 aliphatic carbocycles. The zero-order valence-electron chi connectivity index (χ0n) is 10.6. The minimum Gasteiger partial charge on any atom is -0.380 e. The van der Waals surface area contributed by atoms with Crippen LogP contribution in [0.3, 0.4) is 0 Å². The standard InChI is InChI=1S/C13H16BrFN2O2/c1-19-10-5-12(13(16)18)17(7-10)6-8-2-3-9(14)4-11(8)15/h2-4,10,12H,5-7H2,1H3,(H2,16,18)/t10-,12-/m0/s1. The molecule has 4 nitrogen and oxygen atoms in total. The van der Waals surface area contributed by atoms with Crippen molar-refractivity contribution < 1.29 is 13.9 Å². The van der Waals surface area contributed by atoms with Gasteiger partial charge in [-0.1, -0.05) is 22.0 Å². The number of likely N-dealkylation sites (tertiary alicyclic amines) is 1. The molecule has 1 amide bonds. The minimum absolute atomic E-state index is 0.0315. The number of carbonyl (C=O) groups excluding carboxylic acids is 1. The molecule has 0 spiro atoms. The smallest absolute Gasteiger partial charge is 0.234 e. The van der Waals surface area contributed by atoms with E-state index >= 15 is 0 Å². The van der Waals surface area contributed by atoms with Crippen molar-refractivity contribution in [2.45, 2.75) is 25.1 Å². The highest BCUT2D eigenvalue weighted by Crippen LogP contribution is 2.24. The monoisotopic (exact) mass is 330 g/mol. The maximum absolute atomic E-state index is 13.8. The Morgan fingerprint density at radius 3 is 2.95 bits per heavy atom. The van der Waals surface area contributed by atoms with E-state index in [1.165, 1.54) is 6.07 Å². The zero-order valence-corrected chi connectivity index (χ0v) is 12.2. The molecule has 2 atom stereocenters. The van der Waals surface area contributed by atoms with Gasteiger partial charge in [-0.3, -0.25) is 9.69 Å². The van der Waals surface area contributed by atoms with Crippen LogP contribution in [0, 0.1) is 5.82 Å².